The molecule has 1 saturated carbocycles. The summed E-state index contributed by atoms with van der Waals surface area (Å²) >= 11 is 0. The fourth-order valence-corrected chi connectivity index (χ4v) is 2.72. The zero-order valence-electron chi connectivity index (χ0n) is 10.6. The van der Waals surface area contributed by atoms with Crippen molar-refractivity contribution in [1.29, 1.82) is 0 Å². The van der Waals surface area contributed by atoms with Crippen LogP contribution < -0.4 is 5.32 Å². The van der Waals surface area contributed by atoms with E-state index < -0.39 is 0 Å². The monoisotopic (exact) mass is 213 g/mol. The molecule has 90 valence electrons. The van der Waals surface area contributed by atoms with Gasteiger partial charge in [-0.05, 0) is 37.6 Å². The van der Waals surface area contributed by atoms with Gasteiger partial charge in [0.1, 0.15) is 0 Å². The van der Waals surface area contributed by atoms with E-state index in [-0.39, 0.29) is 0 Å². The van der Waals surface area contributed by atoms with Crippen molar-refractivity contribution in [2.45, 2.75) is 52.0 Å². The summed E-state index contributed by atoms with van der Waals surface area (Å²) < 4.78 is 5.32. The summed E-state index contributed by atoms with van der Waals surface area (Å²) in [5, 5.41) is 3.63. The van der Waals surface area contributed by atoms with Crippen molar-refractivity contribution in [2.75, 3.05) is 20.3 Å². The highest BCUT2D eigenvalue weighted by Gasteiger charge is 2.29. The van der Waals surface area contributed by atoms with Crippen LogP contribution in [-0.4, -0.2) is 26.3 Å². The molecule has 0 spiro atoms. The highest BCUT2D eigenvalue weighted by Crippen LogP contribution is 2.34. The molecule has 0 radical (unpaired) electrons. The molecule has 3 unspecified atom stereocenters. The molecule has 1 rings (SSSR count). The maximum Gasteiger partial charge on any atom is 0.0618 e. The van der Waals surface area contributed by atoms with Gasteiger partial charge in [0.2, 0.25) is 0 Å². The molecule has 1 fully saturated rings. The predicted octanol–water partition coefficient (Wildman–Crippen LogP) is 2.83. The lowest BCUT2D eigenvalue weighted by Crippen LogP contribution is -2.39. The van der Waals surface area contributed by atoms with E-state index in [1.54, 1.807) is 0 Å². The lowest BCUT2D eigenvalue weighted by Gasteiger charge is -2.24. The smallest absolute Gasteiger partial charge is 0.0618 e. The van der Waals surface area contributed by atoms with Crippen LogP contribution in [-0.2, 0) is 4.74 Å². The zero-order valence-corrected chi connectivity index (χ0v) is 10.6. The first-order valence-electron chi connectivity index (χ1n) is 6.54. The molecule has 0 bridgehead atoms. The quantitative estimate of drug-likeness (QED) is 0.702. The summed E-state index contributed by atoms with van der Waals surface area (Å²) in [5.41, 5.74) is 0. The highest BCUT2D eigenvalue weighted by atomic mass is 16.5. The van der Waals surface area contributed by atoms with Crippen molar-refractivity contribution >= 4 is 0 Å². The van der Waals surface area contributed by atoms with Crippen LogP contribution in [0.5, 0.6) is 0 Å². The van der Waals surface area contributed by atoms with Crippen LogP contribution in [0.4, 0.5) is 0 Å². The molecule has 2 nitrogen and oxygen atoms in total. The van der Waals surface area contributed by atoms with Gasteiger partial charge in [-0.3, -0.25) is 0 Å². The number of hydrogen-bond donors (Lipinski definition) is 1. The second-order valence-electron chi connectivity index (χ2n) is 4.86. The lowest BCUT2D eigenvalue weighted by molar-refractivity contribution is 0.139. The van der Waals surface area contributed by atoms with Gasteiger partial charge in [-0.1, -0.05) is 26.7 Å². The van der Waals surface area contributed by atoms with Crippen molar-refractivity contribution in [1.82, 2.24) is 5.32 Å². The Hall–Kier alpha value is -0.0800. The van der Waals surface area contributed by atoms with Crippen LogP contribution in [0.15, 0.2) is 0 Å². The normalized spacial score (nSPS) is 28.2. The molecule has 0 aliphatic heterocycles. The topological polar surface area (TPSA) is 21.3 Å². The Bertz CT molecular complexity index is 161. The fraction of sp³-hybridized carbons (Fsp3) is 1.00. The molecule has 0 aromatic carbocycles. The number of methoxy groups -OCH3 is 1. The van der Waals surface area contributed by atoms with E-state index in [1.807, 2.05) is 7.11 Å². The molecular formula is C13H27NO. The maximum atomic E-state index is 5.32. The van der Waals surface area contributed by atoms with Crippen LogP contribution in [0.3, 0.4) is 0 Å². The Kier molecular flexibility index (Phi) is 6.26. The largest absolute Gasteiger partial charge is 0.383 e. The molecule has 1 N–H and O–H groups in total. The number of nitrogens with one attached hydrogen (secondary N) is 1. The van der Waals surface area contributed by atoms with Crippen molar-refractivity contribution in [3.63, 3.8) is 0 Å². The number of hydrogen-bond acceptors (Lipinski definition) is 2. The van der Waals surface area contributed by atoms with Crippen molar-refractivity contribution in [3.05, 3.63) is 0 Å². The summed E-state index contributed by atoms with van der Waals surface area (Å²) in [6, 6.07) is 0.589. The van der Waals surface area contributed by atoms with Crippen LogP contribution in [0.1, 0.15) is 46.0 Å². The van der Waals surface area contributed by atoms with E-state index in [0.717, 1.165) is 25.0 Å². The SMILES string of the molecule is CCCNC(COC)C1CCC(CC)C1. The van der Waals surface area contributed by atoms with Crippen LogP contribution >= 0.6 is 0 Å². The molecular weight excluding hydrogens is 186 g/mol. The van der Waals surface area contributed by atoms with Gasteiger partial charge in [0, 0.05) is 13.2 Å². The Labute approximate surface area is 94.8 Å². The maximum absolute atomic E-state index is 5.32. The minimum atomic E-state index is 0.589. The average Bonchev–Trinajstić information content (AvgIpc) is 2.72. The molecule has 2 heteroatoms. The summed E-state index contributed by atoms with van der Waals surface area (Å²) in [6.45, 7) is 6.54. The molecule has 15 heavy (non-hydrogen) atoms. The first-order chi connectivity index (χ1) is 7.31. The van der Waals surface area contributed by atoms with Gasteiger partial charge in [0.25, 0.3) is 0 Å². The minimum Gasteiger partial charge on any atom is -0.383 e. The van der Waals surface area contributed by atoms with Gasteiger partial charge >= 0.3 is 0 Å². The van der Waals surface area contributed by atoms with E-state index in [9.17, 15) is 0 Å². The van der Waals surface area contributed by atoms with E-state index in [0.29, 0.717) is 6.04 Å². The van der Waals surface area contributed by atoms with Gasteiger partial charge < -0.3 is 10.1 Å². The van der Waals surface area contributed by atoms with Crippen molar-refractivity contribution in [3.8, 4) is 0 Å². The third kappa shape index (κ3) is 4.12. The Morgan fingerprint density at radius 1 is 1.33 bits per heavy atom. The van der Waals surface area contributed by atoms with E-state index in [2.05, 4.69) is 19.2 Å². The first kappa shape index (κ1) is 13.0. The van der Waals surface area contributed by atoms with Gasteiger partial charge in [0.15, 0.2) is 0 Å². The summed E-state index contributed by atoms with van der Waals surface area (Å²) in [6.07, 6.45) is 6.79. The number of ether oxygens (including phenoxy) is 1. The molecule has 3 atom stereocenters. The van der Waals surface area contributed by atoms with Crippen LogP contribution in [0.25, 0.3) is 0 Å². The molecule has 0 amide bonds. The van der Waals surface area contributed by atoms with Gasteiger partial charge in [-0.2, -0.15) is 0 Å². The summed E-state index contributed by atoms with van der Waals surface area (Å²) in [5.74, 6) is 1.82. The molecule has 1 aliphatic carbocycles. The molecule has 1 aliphatic rings. The van der Waals surface area contributed by atoms with E-state index >= 15 is 0 Å². The molecule has 0 aromatic heterocycles. The predicted molar refractivity (Wildman–Crippen MR) is 65.1 cm³/mol. The Morgan fingerprint density at radius 3 is 2.67 bits per heavy atom. The minimum absolute atomic E-state index is 0.589. The summed E-state index contributed by atoms with van der Waals surface area (Å²) in [4.78, 5) is 0. The van der Waals surface area contributed by atoms with Gasteiger partial charge in [0.05, 0.1) is 6.61 Å². The molecule has 0 aromatic rings. The fourth-order valence-electron chi connectivity index (χ4n) is 2.72. The van der Waals surface area contributed by atoms with Crippen molar-refractivity contribution in [2.24, 2.45) is 11.8 Å². The van der Waals surface area contributed by atoms with E-state index in [4.69, 9.17) is 4.74 Å². The standard InChI is InChI=1S/C13H27NO/c1-4-8-14-13(10-15-3)12-7-6-11(5-2)9-12/h11-14H,4-10H2,1-3H3. The van der Waals surface area contributed by atoms with E-state index in [1.165, 1.54) is 32.1 Å². The number of rotatable bonds is 7. The van der Waals surface area contributed by atoms with Gasteiger partial charge in [-0.15, -0.1) is 0 Å². The Morgan fingerprint density at radius 2 is 2.13 bits per heavy atom. The zero-order chi connectivity index (χ0) is 11.1. The second-order valence-corrected chi connectivity index (χ2v) is 4.86. The average molecular weight is 213 g/mol. The lowest BCUT2D eigenvalue weighted by atomic mass is 9.96. The highest BCUT2D eigenvalue weighted by molar-refractivity contribution is 4.84. The Balaban J connectivity index is 2.34. The third-order valence-corrected chi connectivity index (χ3v) is 3.73. The second kappa shape index (κ2) is 7.24. The van der Waals surface area contributed by atoms with Crippen LogP contribution in [0.2, 0.25) is 0 Å². The van der Waals surface area contributed by atoms with Crippen LogP contribution in [0, 0.1) is 11.8 Å². The molecule has 0 saturated heterocycles. The summed E-state index contributed by atoms with van der Waals surface area (Å²) in [7, 11) is 1.81. The first-order valence-corrected chi connectivity index (χ1v) is 6.54. The van der Waals surface area contributed by atoms with Gasteiger partial charge in [-0.25, -0.2) is 0 Å². The van der Waals surface area contributed by atoms with Crippen molar-refractivity contribution < 1.29 is 4.74 Å². The third-order valence-electron chi connectivity index (χ3n) is 3.73. The molecule has 0 heterocycles.